The fraction of sp³-hybridized carbons (Fsp3) is 0.0800. The van der Waals surface area contributed by atoms with E-state index in [2.05, 4.69) is 10.2 Å². The first kappa shape index (κ1) is 20.6. The van der Waals surface area contributed by atoms with Gasteiger partial charge in [0.15, 0.2) is 5.17 Å². The van der Waals surface area contributed by atoms with Gasteiger partial charge in [0.25, 0.3) is 5.91 Å². The molecular formula is C25H21N3O2S. The van der Waals surface area contributed by atoms with Crippen LogP contribution in [0.2, 0.25) is 0 Å². The Morgan fingerprint density at radius 1 is 1.03 bits per heavy atom. The van der Waals surface area contributed by atoms with Crippen molar-refractivity contribution in [1.29, 1.82) is 0 Å². The Balaban J connectivity index is 1.57. The van der Waals surface area contributed by atoms with Crippen molar-refractivity contribution in [1.82, 2.24) is 4.90 Å². The average molecular weight is 428 g/mol. The Kier molecular flexibility index (Phi) is 6.59. The topological polar surface area (TPSA) is 58.2 Å². The number of thioether (sulfide) groups is 1. The minimum absolute atomic E-state index is 0.121. The number of allylic oxidation sites excluding steroid dienone is 2. The van der Waals surface area contributed by atoms with Gasteiger partial charge in [0.2, 0.25) is 0 Å². The number of carbonyl (C=O) groups excluding carboxylic acids is 1. The number of amidine groups is 1. The number of carbonyl (C=O) groups is 1. The van der Waals surface area contributed by atoms with Crippen LogP contribution in [-0.4, -0.2) is 22.2 Å². The molecule has 1 aliphatic heterocycles. The number of rotatable bonds is 6. The van der Waals surface area contributed by atoms with Gasteiger partial charge in [-0.3, -0.25) is 9.69 Å². The van der Waals surface area contributed by atoms with E-state index in [1.807, 2.05) is 85.8 Å². The van der Waals surface area contributed by atoms with Gasteiger partial charge in [-0.1, -0.05) is 66.7 Å². The summed E-state index contributed by atoms with van der Waals surface area (Å²) in [5.74, 6) is 0.564. The van der Waals surface area contributed by atoms with Gasteiger partial charge in [0, 0.05) is 0 Å². The largest absolute Gasteiger partial charge is 0.467 e. The molecule has 3 aromatic rings. The SMILES string of the molecule is Cc1ccccc1/C=N\N=C1\S/C(=C\C=C\c2ccccc2)C(=O)N1Cc1ccco1. The van der Waals surface area contributed by atoms with Crippen molar-refractivity contribution < 1.29 is 9.21 Å². The van der Waals surface area contributed by atoms with E-state index in [-0.39, 0.29) is 5.91 Å². The van der Waals surface area contributed by atoms with Crippen molar-refractivity contribution in [3.8, 4) is 0 Å². The van der Waals surface area contributed by atoms with Crippen molar-refractivity contribution in [2.24, 2.45) is 10.2 Å². The lowest BCUT2D eigenvalue weighted by molar-refractivity contribution is -0.122. The number of furan rings is 1. The Hall–Kier alpha value is -3.64. The highest BCUT2D eigenvalue weighted by Gasteiger charge is 2.33. The van der Waals surface area contributed by atoms with Crippen LogP contribution in [0.4, 0.5) is 0 Å². The summed E-state index contributed by atoms with van der Waals surface area (Å²) < 4.78 is 5.43. The molecule has 5 nitrogen and oxygen atoms in total. The van der Waals surface area contributed by atoms with Crippen molar-refractivity contribution in [2.75, 3.05) is 0 Å². The number of hydrogen-bond acceptors (Lipinski definition) is 5. The van der Waals surface area contributed by atoms with E-state index in [9.17, 15) is 4.79 Å². The Labute approximate surface area is 185 Å². The van der Waals surface area contributed by atoms with Crippen molar-refractivity contribution in [3.05, 3.63) is 113 Å². The smallest absolute Gasteiger partial charge is 0.267 e. The first-order valence-corrected chi connectivity index (χ1v) is 10.6. The second-order valence-electron chi connectivity index (χ2n) is 6.86. The van der Waals surface area contributed by atoms with Gasteiger partial charge in [0.05, 0.1) is 23.9 Å². The first-order chi connectivity index (χ1) is 15.2. The van der Waals surface area contributed by atoms with Crippen LogP contribution in [-0.2, 0) is 11.3 Å². The highest BCUT2D eigenvalue weighted by atomic mass is 32.2. The minimum Gasteiger partial charge on any atom is -0.467 e. The van der Waals surface area contributed by atoms with E-state index < -0.39 is 0 Å². The zero-order valence-electron chi connectivity index (χ0n) is 17.0. The van der Waals surface area contributed by atoms with Gasteiger partial charge in [-0.2, -0.15) is 5.10 Å². The van der Waals surface area contributed by atoms with E-state index in [4.69, 9.17) is 4.42 Å². The molecule has 0 bridgehead atoms. The zero-order chi connectivity index (χ0) is 21.5. The molecule has 0 saturated carbocycles. The Morgan fingerprint density at radius 3 is 2.61 bits per heavy atom. The fourth-order valence-electron chi connectivity index (χ4n) is 2.98. The van der Waals surface area contributed by atoms with Crippen molar-refractivity contribution in [2.45, 2.75) is 13.5 Å². The molecule has 2 heterocycles. The molecule has 0 radical (unpaired) electrons. The molecule has 0 unspecified atom stereocenters. The van der Waals surface area contributed by atoms with Crippen molar-refractivity contribution in [3.63, 3.8) is 0 Å². The molecule has 6 heteroatoms. The predicted molar refractivity (Wildman–Crippen MR) is 127 cm³/mol. The number of amides is 1. The molecule has 2 aromatic carbocycles. The summed E-state index contributed by atoms with van der Waals surface area (Å²) in [7, 11) is 0. The third-order valence-corrected chi connectivity index (χ3v) is 5.66. The van der Waals surface area contributed by atoms with Gasteiger partial charge >= 0.3 is 0 Å². The molecule has 154 valence electrons. The Morgan fingerprint density at radius 2 is 1.84 bits per heavy atom. The molecule has 0 aliphatic carbocycles. The van der Waals surface area contributed by atoms with E-state index in [1.165, 1.54) is 11.8 Å². The second-order valence-corrected chi connectivity index (χ2v) is 7.87. The molecule has 31 heavy (non-hydrogen) atoms. The van der Waals surface area contributed by atoms with E-state index in [0.717, 1.165) is 16.7 Å². The number of nitrogens with zero attached hydrogens (tertiary/aromatic N) is 3. The normalized spacial score (nSPS) is 17.1. The van der Waals surface area contributed by atoms with E-state index in [0.29, 0.717) is 22.4 Å². The van der Waals surface area contributed by atoms with Crippen LogP contribution in [0.25, 0.3) is 6.08 Å². The molecule has 1 aromatic heterocycles. The van der Waals surface area contributed by atoms with Gasteiger partial charge in [-0.25, -0.2) is 0 Å². The van der Waals surface area contributed by atoms with Gasteiger partial charge in [-0.15, -0.1) is 5.10 Å². The van der Waals surface area contributed by atoms with Crippen LogP contribution >= 0.6 is 11.8 Å². The van der Waals surface area contributed by atoms with Crippen LogP contribution < -0.4 is 0 Å². The summed E-state index contributed by atoms with van der Waals surface area (Å²) in [5, 5.41) is 9.09. The molecule has 1 saturated heterocycles. The summed E-state index contributed by atoms with van der Waals surface area (Å²) in [6, 6.07) is 21.5. The quantitative estimate of drug-likeness (QED) is 0.290. The maximum absolute atomic E-state index is 13.0. The molecule has 1 amide bonds. The highest BCUT2D eigenvalue weighted by Crippen LogP contribution is 2.32. The summed E-state index contributed by atoms with van der Waals surface area (Å²) in [6.07, 6.45) is 8.94. The standard InChI is InChI=1S/C25H21N3O2S/c1-19-9-5-6-13-21(19)17-26-27-25-28(18-22-14-8-16-30-22)24(29)23(31-25)15-7-12-20-10-3-2-4-11-20/h2-17H,18H2,1H3/b12-7+,23-15-,26-17-,27-25+. The maximum Gasteiger partial charge on any atom is 0.267 e. The van der Waals surface area contributed by atoms with E-state index >= 15 is 0 Å². The summed E-state index contributed by atoms with van der Waals surface area (Å²) in [4.78, 5) is 15.2. The highest BCUT2D eigenvalue weighted by molar-refractivity contribution is 8.18. The lowest BCUT2D eigenvalue weighted by Gasteiger charge is -2.12. The van der Waals surface area contributed by atoms with Crippen molar-refractivity contribution >= 4 is 35.1 Å². The molecule has 0 atom stereocenters. The first-order valence-electron chi connectivity index (χ1n) is 9.83. The monoisotopic (exact) mass is 427 g/mol. The van der Waals surface area contributed by atoms with Crippen LogP contribution in [0.15, 0.2) is 105 Å². The second kappa shape index (κ2) is 9.91. The van der Waals surface area contributed by atoms with Crippen LogP contribution in [0.3, 0.4) is 0 Å². The van der Waals surface area contributed by atoms with Crippen LogP contribution in [0.1, 0.15) is 22.5 Å². The molecule has 0 N–H and O–H groups in total. The minimum atomic E-state index is -0.121. The van der Waals surface area contributed by atoms with Gasteiger partial charge < -0.3 is 4.42 Å². The van der Waals surface area contributed by atoms with Gasteiger partial charge in [0.1, 0.15) is 5.76 Å². The third kappa shape index (κ3) is 5.29. The average Bonchev–Trinajstić information content (AvgIpc) is 3.40. The number of hydrogen-bond donors (Lipinski definition) is 0. The maximum atomic E-state index is 13.0. The van der Waals surface area contributed by atoms with Gasteiger partial charge in [-0.05, 0) is 53.6 Å². The molecule has 0 spiro atoms. The predicted octanol–water partition coefficient (Wildman–Crippen LogP) is 5.65. The summed E-state index contributed by atoms with van der Waals surface area (Å²) in [6.45, 7) is 2.32. The number of aryl methyl sites for hydroxylation is 1. The zero-order valence-corrected chi connectivity index (χ0v) is 17.8. The summed E-state index contributed by atoms with van der Waals surface area (Å²) in [5.41, 5.74) is 3.17. The molecule has 1 fully saturated rings. The third-order valence-electron chi connectivity index (χ3n) is 4.65. The fourth-order valence-corrected chi connectivity index (χ4v) is 3.86. The lowest BCUT2D eigenvalue weighted by atomic mass is 10.1. The lowest BCUT2D eigenvalue weighted by Crippen LogP contribution is -2.28. The van der Waals surface area contributed by atoms with Crippen LogP contribution in [0.5, 0.6) is 0 Å². The molecule has 4 rings (SSSR count). The van der Waals surface area contributed by atoms with E-state index in [1.54, 1.807) is 23.4 Å². The molecular weight excluding hydrogens is 406 g/mol. The van der Waals surface area contributed by atoms with Crippen LogP contribution in [0, 0.1) is 6.92 Å². The summed E-state index contributed by atoms with van der Waals surface area (Å²) >= 11 is 1.30. The Bertz CT molecular complexity index is 1160. The molecule has 1 aliphatic rings. The number of benzene rings is 2.